The molecule has 1 aromatic rings. The van der Waals surface area contributed by atoms with Gasteiger partial charge in [-0.05, 0) is 25.1 Å². The van der Waals surface area contributed by atoms with Crippen molar-refractivity contribution in [3.63, 3.8) is 0 Å². The fourth-order valence-electron chi connectivity index (χ4n) is 1.67. The number of hydrogen-bond donors (Lipinski definition) is 2. The summed E-state index contributed by atoms with van der Waals surface area (Å²) in [7, 11) is 0. The van der Waals surface area contributed by atoms with Gasteiger partial charge in [0, 0.05) is 25.1 Å². The predicted molar refractivity (Wildman–Crippen MR) is 73.6 cm³/mol. The summed E-state index contributed by atoms with van der Waals surface area (Å²) in [5.74, 6) is 4.33. The lowest BCUT2D eigenvalue weighted by molar-refractivity contribution is 0.0731. The van der Waals surface area contributed by atoms with E-state index in [0.29, 0.717) is 6.54 Å². The molecule has 0 saturated carbocycles. The maximum Gasteiger partial charge on any atom is 0.254 e. The molecule has 1 amide bonds. The second-order valence-electron chi connectivity index (χ2n) is 4.08. The molecule has 1 rings (SSSR count). The Bertz CT molecular complexity index is 520. The first-order valence-corrected chi connectivity index (χ1v) is 6.43. The second kappa shape index (κ2) is 8.31. The maximum absolute atomic E-state index is 13.8. The molecule has 0 spiro atoms. The van der Waals surface area contributed by atoms with Crippen molar-refractivity contribution in [2.45, 2.75) is 13.3 Å². The van der Waals surface area contributed by atoms with Crippen molar-refractivity contribution in [3.8, 4) is 11.8 Å². The molecule has 0 aliphatic carbocycles. The normalized spacial score (nSPS) is 9.80. The quantitative estimate of drug-likeness (QED) is 0.791. The summed E-state index contributed by atoms with van der Waals surface area (Å²) < 4.78 is 13.8. The predicted octanol–water partition coefficient (Wildman–Crippen LogP) is 1.01. The number of hydrogen-bond acceptors (Lipinski definition) is 3. The van der Waals surface area contributed by atoms with Gasteiger partial charge in [0.25, 0.3) is 5.91 Å². The highest BCUT2D eigenvalue weighted by Crippen LogP contribution is 2.12. The van der Waals surface area contributed by atoms with Gasteiger partial charge in [-0.15, -0.1) is 0 Å². The van der Waals surface area contributed by atoms with Crippen LogP contribution in [0.2, 0.25) is 0 Å². The van der Waals surface area contributed by atoms with E-state index in [9.17, 15) is 9.18 Å². The Kier molecular flexibility index (Phi) is 6.71. The smallest absolute Gasteiger partial charge is 0.254 e. The van der Waals surface area contributed by atoms with Gasteiger partial charge in [-0.1, -0.05) is 11.8 Å². The molecule has 1 aromatic carbocycles. The minimum Gasteiger partial charge on any atom is -0.395 e. The molecule has 0 aromatic heterocycles. The number of aliphatic hydroxyl groups excluding tert-OH is 2. The summed E-state index contributed by atoms with van der Waals surface area (Å²) >= 11 is 0. The Labute approximate surface area is 117 Å². The van der Waals surface area contributed by atoms with E-state index in [4.69, 9.17) is 10.2 Å². The van der Waals surface area contributed by atoms with Gasteiger partial charge in [0.1, 0.15) is 5.82 Å². The van der Waals surface area contributed by atoms with E-state index in [1.54, 1.807) is 6.92 Å². The van der Waals surface area contributed by atoms with E-state index in [2.05, 4.69) is 11.8 Å². The van der Waals surface area contributed by atoms with Crippen LogP contribution in [0.15, 0.2) is 18.2 Å². The van der Waals surface area contributed by atoms with Crippen LogP contribution in [0, 0.1) is 17.7 Å². The van der Waals surface area contributed by atoms with Crippen molar-refractivity contribution >= 4 is 5.91 Å². The third-order valence-electron chi connectivity index (χ3n) is 2.71. The fourth-order valence-corrected chi connectivity index (χ4v) is 1.67. The molecule has 108 valence electrons. The number of halogens is 1. The van der Waals surface area contributed by atoms with E-state index in [0.717, 1.165) is 6.07 Å². The molecular weight excluding hydrogens is 261 g/mol. The Morgan fingerprint density at radius 2 is 2.10 bits per heavy atom. The Morgan fingerprint density at radius 1 is 1.35 bits per heavy atom. The van der Waals surface area contributed by atoms with Crippen molar-refractivity contribution in [2.75, 3.05) is 26.3 Å². The van der Waals surface area contributed by atoms with Crippen molar-refractivity contribution < 1.29 is 19.4 Å². The molecule has 0 fully saturated rings. The zero-order chi connectivity index (χ0) is 15.0. The minimum absolute atomic E-state index is 0.0716. The Morgan fingerprint density at radius 3 is 2.65 bits per heavy atom. The Balaban J connectivity index is 2.92. The van der Waals surface area contributed by atoms with Gasteiger partial charge in [0.05, 0.1) is 18.8 Å². The van der Waals surface area contributed by atoms with E-state index >= 15 is 0 Å². The topological polar surface area (TPSA) is 60.8 Å². The fraction of sp³-hybridized carbons (Fsp3) is 0.400. The van der Waals surface area contributed by atoms with Crippen LogP contribution in [0.3, 0.4) is 0 Å². The second-order valence-corrected chi connectivity index (χ2v) is 4.08. The summed E-state index contributed by atoms with van der Waals surface area (Å²) in [6, 6.07) is 4.10. The highest BCUT2D eigenvalue weighted by molar-refractivity contribution is 5.94. The van der Waals surface area contributed by atoms with Crippen molar-refractivity contribution in [3.05, 3.63) is 35.1 Å². The average Bonchev–Trinajstić information content (AvgIpc) is 2.46. The summed E-state index contributed by atoms with van der Waals surface area (Å²) in [5.41, 5.74) is 0.422. The van der Waals surface area contributed by atoms with Gasteiger partial charge in [-0.2, -0.15) is 0 Å². The van der Waals surface area contributed by atoms with Crippen LogP contribution in [-0.2, 0) is 0 Å². The van der Waals surface area contributed by atoms with Gasteiger partial charge in [0.15, 0.2) is 0 Å². The first kappa shape index (κ1) is 16.2. The summed E-state index contributed by atoms with van der Waals surface area (Å²) in [4.78, 5) is 13.5. The number of likely N-dealkylation sites (N-methyl/N-ethyl adjacent to an activating group) is 1. The molecule has 0 bridgehead atoms. The lowest BCUT2D eigenvalue weighted by Crippen LogP contribution is -2.33. The van der Waals surface area contributed by atoms with Crippen LogP contribution < -0.4 is 0 Å². The zero-order valence-electron chi connectivity index (χ0n) is 11.4. The van der Waals surface area contributed by atoms with Crippen LogP contribution in [0.25, 0.3) is 0 Å². The number of amides is 1. The molecule has 0 aliphatic heterocycles. The number of carbonyl (C=O) groups excluding carboxylic acids is 1. The molecule has 0 radical (unpaired) electrons. The highest BCUT2D eigenvalue weighted by atomic mass is 19.1. The molecule has 0 heterocycles. The molecule has 4 nitrogen and oxygen atoms in total. The number of benzene rings is 1. The maximum atomic E-state index is 13.8. The molecule has 0 atom stereocenters. The third kappa shape index (κ3) is 4.34. The molecule has 0 aliphatic rings. The summed E-state index contributed by atoms with van der Waals surface area (Å²) in [6.45, 7) is 2.25. The molecule has 20 heavy (non-hydrogen) atoms. The van der Waals surface area contributed by atoms with Gasteiger partial charge >= 0.3 is 0 Å². The van der Waals surface area contributed by atoms with Crippen LogP contribution in [-0.4, -0.2) is 47.3 Å². The molecular formula is C15H18FNO3. The van der Waals surface area contributed by atoms with E-state index in [-0.39, 0.29) is 43.2 Å². The van der Waals surface area contributed by atoms with Gasteiger partial charge in [-0.25, -0.2) is 4.39 Å². The van der Waals surface area contributed by atoms with Crippen molar-refractivity contribution in [2.24, 2.45) is 0 Å². The first-order chi connectivity index (χ1) is 9.63. The van der Waals surface area contributed by atoms with E-state index in [1.807, 2.05) is 0 Å². The monoisotopic (exact) mass is 279 g/mol. The summed E-state index contributed by atoms with van der Waals surface area (Å²) in [6.07, 6.45) is 0.278. The molecule has 0 saturated heterocycles. The lowest BCUT2D eigenvalue weighted by Gasteiger charge is -2.19. The molecule has 0 unspecified atom stereocenters. The standard InChI is InChI=1S/C15H18FNO3/c1-2-17(8-10-19)15(20)13-7-6-12(14(16)11-13)5-3-4-9-18/h6-7,11,18-19H,2,4,8-10H2,1H3. The largest absolute Gasteiger partial charge is 0.395 e. The van der Waals surface area contributed by atoms with E-state index < -0.39 is 5.82 Å². The number of carbonyl (C=O) groups is 1. The number of rotatable bonds is 5. The molecule has 5 heteroatoms. The Hall–Kier alpha value is -1.90. The van der Waals surface area contributed by atoms with Gasteiger partial charge in [0.2, 0.25) is 0 Å². The molecule has 2 N–H and O–H groups in total. The summed E-state index contributed by atoms with van der Waals surface area (Å²) in [5, 5.41) is 17.5. The van der Waals surface area contributed by atoms with Crippen LogP contribution in [0.4, 0.5) is 4.39 Å². The number of nitrogens with zero attached hydrogens (tertiary/aromatic N) is 1. The number of aliphatic hydroxyl groups is 2. The SMILES string of the molecule is CCN(CCO)C(=O)c1ccc(C#CCCO)c(F)c1. The zero-order valence-corrected chi connectivity index (χ0v) is 11.4. The average molecular weight is 279 g/mol. The highest BCUT2D eigenvalue weighted by Gasteiger charge is 2.15. The van der Waals surface area contributed by atoms with Crippen molar-refractivity contribution in [1.82, 2.24) is 4.90 Å². The first-order valence-electron chi connectivity index (χ1n) is 6.43. The van der Waals surface area contributed by atoms with E-state index in [1.165, 1.54) is 17.0 Å². The van der Waals surface area contributed by atoms with Crippen LogP contribution in [0.1, 0.15) is 29.3 Å². The third-order valence-corrected chi connectivity index (χ3v) is 2.71. The lowest BCUT2D eigenvalue weighted by atomic mass is 10.1. The van der Waals surface area contributed by atoms with Gasteiger partial charge < -0.3 is 15.1 Å². The van der Waals surface area contributed by atoms with Gasteiger partial charge in [-0.3, -0.25) is 4.79 Å². The minimum atomic E-state index is -0.568. The van der Waals surface area contributed by atoms with Crippen LogP contribution >= 0.6 is 0 Å². The van der Waals surface area contributed by atoms with Crippen LogP contribution in [0.5, 0.6) is 0 Å². The van der Waals surface area contributed by atoms with Crippen molar-refractivity contribution in [1.29, 1.82) is 0 Å².